The van der Waals surface area contributed by atoms with Crippen LogP contribution < -0.4 is 0 Å². The molecule has 0 aromatic heterocycles. The number of hydrogen-bond acceptors (Lipinski definition) is 2. The van der Waals surface area contributed by atoms with Gasteiger partial charge < -0.3 is 5.11 Å². The molecular formula is C14H13FOS. The van der Waals surface area contributed by atoms with Crippen molar-refractivity contribution >= 4 is 11.8 Å². The molecule has 0 radical (unpaired) electrons. The fourth-order valence-corrected chi connectivity index (χ4v) is 2.44. The van der Waals surface area contributed by atoms with Gasteiger partial charge in [-0.2, -0.15) is 0 Å². The van der Waals surface area contributed by atoms with E-state index in [9.17, 15) is 9.50 Å². The molecule has 0 bridgehead atoms. The van der Waals surface area contributed by atoms with Crippen molar-refractivity contribution in [3.05, 3.63) is 66.0 Å². The van der Waals surface area contributed by atoms with Crippen LogP contribution in [-0.2, 0) is 6.42 Å². The third-order valence-corrected chi connectivity index (χ3v) is 3.35. The van der Waals surface area contributed by atoms with Crippen LogP contribution in [0.3, 0.4) is 0 Å². The summed E-state index contributed by atoms with van der Waals surface area (Å²) in [5.41, 5.74) is -0.0854. The molecule has 0 spiro atoms. The maximum atomic E-state index is 13.4. The van der Waals surface area contributed by atoms with E-state index in [2.05, 4.69) is 0 Å². The van der Waals surface area contributed by atoms with Crippen LogP contribution in [-0.4, -0.2) is 10.5 Å². The van der Waals surface area contributed by atoms with Crippen molar-refractivity contribution in [3.63, 3.8) is 0 Å². The minimum atomic E-state index is -0.630. The smallest absolute Gasteiger partial charge is 0.126 e. The average molecular weight is 248 g/mol. The maximum Gasteiger partial charge on any atom is 0.126 e. The molecular weight excluding hydrogens is 235 g/mol. The Bertz CT molecular complexity index is 473. The summed E-state index contributed by atoms with van der Waals surface area (Å²) in [6, 6.07) is 16.1. The van der Waals surface area contributed by atoms with Gasteiger partial charge in [-0.1, -0.05) is 48.2 Å². The van der Waals surface area contributed by atoms with Gasteiger partial charge >= 0.3 is 0 Å². The Morgan fingerprint density at radius 2 is 1.65 bits per heavy atom. The number of aliphatic hydroxyl groups is 1. The molecule has 88 valence electrons. The van der Waals surface area contributed by atoms with Gasteiger partial charge in [0.05, 0.1) is 0 Å². The van der Waals surface area contributed by atoms with Crippen molar-refractivity contribution in [1.82, 2.24) is 0 Å². The first kappa shape index (κ1) is 12.1. The van der Waals surface area contributed by atoms with Gasteiger partial charge in [0.1, 0.15) is 11.3 Å². The molecule has 0 amide bonds. The normalized spacial score (nSPS) is 12.4. The molecule has 17 heavy (non-hydrogen) atoms. The third kappa shape index (κ3) is 3.58. The molecule has 2 aromatic carbocycles. The van der Waals surface area contributed by atoms with Crippen molar-refractivity contribution in [2.24, 2.45) is 0 Å². The molecule has 1 unspecified atom stereocenters. The van der Waals surface area contributed by atoms with E-state index in [4.69, 9.17) is 0 Å². The van der Waals surface area contributed by atoms with Gasteiger partial charge in [0.2, 0.25) is 0 Å². The second kappa shape index (κ2) is 5.84. The minimum Gasteiger partial charge on any atom is -0.382 e. The number of benzene rings is 2. The zero-order valence-corrected chi connectivity index (χ0v) is 10.0. The Kier molecular flexibility index (Phi) is 4.18. The molecule has 1 nitrogen and oxygen atoms in total. The van der Waals surface area contributed by atoms with E-state index in [0.717, 1.165) is 4.90 Å². The molecule has 2 rings (SSSR count). The van der Waals surface area contributed by atoms with Crippen LogP contribution in [0.25, 0.3) is 0 Å². The summed E-state index contributed by atoms with van der Waals surface area (Å²) in [5, 5.41) is 9.88. The molecule has 3 heteroatoms. The van der Waals surface area contributed by atoms with Crippen LogP contribution in [0.1, 0.15) is 5.56 Å². The van der Waals surface area contributed by atoms with Gasteiger partial charge in [0, 0.05) is 11.3 Å². The summed E-state index contributed by atoms with van der Waals surface area (Å²) in [5.74, 6) is -0.264. The summed E-state index contributed by atoms with van der Waals surface area (Å²) in [6.45, 7) is 0. The summed E-state index contributed by atoms with van der Waals surface area (Å²) in [7, 11) is 0. The fourth-order valence-electron chi connectivity index (χ4n) is 1.55. The van der Waals surface area contributed by atoms with Crippen molar-refractivity contribution < 1.29 is 9.50 Å². The molecule has 0 aliphatic heterocycles. The highest BCUT2D eigenvalue weighted by atomic mass is 32.2. The van der Waals surface area contributed by atoms with Gasteiger partial charge in [0.25, 0.3) is 0 Å². The zero-order valence-electron chi connectivity index (χ0n) is 9.21. The maximum absolute atomic E-state index is 13.4. The first-order valence-electron chi connectivity index (χ1n) is 5.39. The van der Waals surface area contributed by atoms with Gasteiger partial charge in [-0.25, -0.2) is 4.39 Å². The predicted octanol–water partition coefficient (Wildman–Crippen LogP) is 3.48. The van der Waals surface area contributed by atoms with Gasteiger partial charge in [-0.15, -0.1) is 0 Å². The van der Waals surface area contributed by atoms with E-state index in [1.165, 1.54) is 17.8 Å². The Morgan fingerprint density at radius 3 is 2.35 bits per heavy atom. The molecule has 2 aromatic rings. The van der Waals surface area contributed by atoms with E-state index in [1.54, 1.807) is 18.2 Å². The number of aliphatic hydroxyl groups excluding tert-OH is 1. The van der Waals surface area contributed by atoms with Crippen molar-refractivity contribution in [2.45, 2.75) is 16.8 Å². The molecule has 0 fully saturated rings. The predicted molar refractivity (Wildman–Crippen MR) is 68.4 cm³/mol. The lowest BCUT2D eigenvalue weighted by atomic mass is 10.1. The highest BCUT2D eigenvalue weighted by molar-refractivity contribution is 7.99. The van der Waals surface area contributed by atoms with Gasteiger partial charge in [-0.3, -0.25) is 0 Å². The Balaban J connectivity index is 1.98. The van der Waals surface area contributed by atoms with Crippen molar-refractivity contribution in [2.75, 3.05) is 0 Å². The lowest BCUT2D eigenvalue weighted by Gasteiger charge is -2.10. The van der Waals surface area contributed by atoms with Crippen LogP contribution in [0.4, 0.5) is 4.39 Å². The van der Waals surface area contributed by atoms with Crippen LogP contribution in [0.2, 0.25) is 0 Å². The van der Waals surface area contributed by atoms with Crippen LogP contribution in [0, 0.1) is 5.82 Å². The molecule has 0 heterocycles. The van der Waals surface area contributed by atoms with Crippen LogP contribution in [0.5, 0.6) is 0 Å². The lowest BCUT2D eigenvalue weighted by molar-refractivity contribution is 0.262. The summed E-state index contributed by atoms with van der Waals surface area (Å²) in [6.07, 6.45) is 0.312. The van der Waals surface area contributed by atoms with E-state index < -0.39 is 5.44 Å². The second-order valence-electron chi connectivity index (χ2n) is 3.68. The monoisotopic (exact) mass is 248 g/mol. The van der Waals surface area contributed by atoms with Gasteiger partial charge in [-0.05, 0) is 23.8 Å². The third-order valence-electron chi connectivity index (χ3n) is 2.37. The molecule has 0 saturated carbocycles. The summed E-state index contributed by atoms with van der Waals surface area (Å²) >= 11 is 1.34. The van der Waals surface area contributed by atoms with E-state index in [1.807, 2.05) is 30.3 Å². The second-order valence-corrected chi connectivity index (χ2v) is 4.93. The Labute approximate surface area is 104 Å². The van der Waals surface area contributed by atoms with E-state index >= 15 is 0 Å². The minimum absolute atomic E-state index is 0.264. The molecule has 1 atom stereocenters. The Morgan fingerprint density at radius 1 is 1.00 bits per heavy atom. The van der Waals surface area contributed by atoms with E-state index in [0.29, 0.717) is 12.0 Å². The van der Waals surface area contributed by atoms with Crippen LogP contribution >= 0.6 is 11.8 Å². The fraction of sp³-hybridized carbons (Fsp3) is 0.143. The van der Waals surface area contributed by atoms with Crippen molar-refractivity contribution in [3.8, 4) is 0 Å². The number of hydrogen-bond donors (Lipinski definition) is 1. The van der Waals surface area contributed by atoms with Crippen molar-refractivity contribution in [1.29, 1.82) is 0 Å². The van der Waals surface area contributed by atoms with E-state index in [-0.39, 0.29) is 5.82 Å². The number of thioether (sulfide) groups is 1. The first-order valence-corrected chi connectivity index (χ1v) is 6.27. The summed E-state index contributed by atoms with van der Waals surface area (Å²) in [4.78, 5) is 0.983. The highest BCUT2D eigenvalue weighted by Crippen LogP contribution is 2.24. The first-order chi connectivity index (χ1) is 8.25. The average Bonchev–Trinajstić information content (AvgIpc) is 2.33. The Hall–Kier alpha value is -1.32. The highest BCUT2D eigenvalue weighted by Gasteiger charge is 2.10. The molecule has 0 aliphatic rings. The molecule has 1 N–H and O–H groups in total. The summed E-state index contributed by atoms with van der Waals surface area (Å²) < 4.78 is 13.4. The quantitative estimate of drug-likeness (QED) is 0.660. The zero-order chi connectivity index (χ0) is 12.1. The lowest BCUT2D eigenvalue weighted by Crippen LogP contribution is -2.06. The van der Waals surface area contributed by atoms with Gasteiger partial charge in [0.15, 0.2) is 0 Å². The number of rotatable bonds is 4. The number of halogens is 1. The standard InChI is InChI=1S/C14H13FOS/c15-13-9-5-4-6-11(13)10-14(16)17-12-7-2-1-3-8-12/h1-9,14,16H,10H2. The topological polar surface area (TPSA) is 20.2 Å². The SMILES string of the molecule is OC(Cc1ccccc1F)Sc1ccccc1. The van der Waals surface area contributed by atoms with Crippen LogP contribution in [0.15, 0.2) is 59.5 Å². The molecule has 0 aliphatic carbocycles. The molecule has 0 saturated heterocycles. The largest absolute Gasteiger partial charge is 0.382 e.